The predicted octanol–water partition coefficient (Wildman–Crippen LogP) is 2.48. The summed E-state index contributed by atoms with van der Waals surface area (Å²) in [6.07, 6.45) is 1.67. The zero-order valence-electron chi connectivity index (χ0n) is 6.05. The molecule has 0 atom stereocenters. The van der Waals surface area contributed by atoms with E-state index in [1.165, 1.54) is 0 Å². The van der Waals surface area contributed by atoms with Crippen LogP contribution in [0.15, 0.2) is 24.8 Å². The summed E-state index contributed by atoms with van der Waals surface area (Å²) in [4.78, 5) is 0. The molecule has 0 aliphatic heterocycles. The summed E-state index contributed by atoms with van der Waals surface area (Å²) >= 11 is 5.80. The molecule has 0 aromatic heterocycles. The minimum atomic E-state index is 0.0397. The van der Waals surface area contributed by atoms with Crippen LogP contribution in [0.3, 0.4) is 0 Å². The zero-order valence-corrected chi connectivity index (χ0v) is 6.80. The molecule has 0 aliphatic carbocycles. The van der Waals surface area contributed by atoms with Gasteiger partial charge >= 0.3 is 0 Å². The van der Waals surface area contributed by atoms with Gasteiger partial charge in [0.1, 0.15) is 0 Å². The summed E-state index contributed by atoms with van der Waals surface area (Å²) in [5.41, 5.74) is 1.71. The Bertz CT molecular complexity index is 268. The SMILES string of the molecule is C=Cc1cc(CO)ccc1Cl. The summed E-state index contributed by atoms with van der Waals surface area (Å²) in [7, 11) is 0. The van der Waals surface area contributed by atoms with Crippen molar-refractivity contribution < 1.29 is 5.11 Å². The standard InChI is InChI=1S/C9H9ClO/c1-2-8-5-7(6-11)3-4-9(8)10/h2-5,11H,1,6H2. The van der Waals surface area contributed by atoms with Crippen LogP contribution in [-0.2, 0) is 6.61 Å². The Morgan fingerprint density at radius 2 is 2.27 bits per heavy atom. The molecule has 0 saturated heterocycles. The van der Waals surface area contributed by atoms with Crippen LogP contribution in [0.2, 0.25) is 5.02 Å². The molecule has 0 spiro atoms. The van der Waals surface area contributed by atoms with Gasteiger partial charge in [0.25, 0.3) is 0 Å². The van der Waals surface area contributed by atoms with E-state index in [2.05, 4.69) is 6.58 Å². The van der Waals surface area contributed by atoms with E-state index in [9.17, 15) is 0 Å². The fraction of sp³-hybridized carbons (Fsp3) is 0.111. The second kappa shape index (κ2) is 3.56. The highest BCUT2D eigenvalue weighted by molar-refractivity contribution is 6.32. The van der Waals surface area contributed by atoms with Gasteiger partial charge in [0.2, 0.25) is 0 Å². The van der Waals surface area contributed by atoms with E-state index in [-0.39, 0.29) is 6.61 Å². The quantitative estimate of drug-likeness (QED) is 0.720. The maximum Gasteiger partial charge on any atom is 0.0682 e. The van der Waals surface area contributed by atoms with Gasteiger partial charge in [-0.25, -0.2) is 0 Å². The molecule has 0 bridgehead atoms. The van der Waals surface area contributed by atoms with E-state index in [0.717, 1.165) is 11.1 Å². The summed E-state index contributed by atoms with van der Waals surface area (Å²) in [5, 5.41) is 9.44. The van der Waals surface area contributed by atoms with Gasteiger partial charge in [-0.1, -0.05) is 30.3 Å². The molecule has 1 rings (SSSR count). The van der Waals surface area contributed by atoms with E-state index >= 15 is 0 Å². The molecule has 58 valence electrons. The Balaban J connectivity index is 3.12. The van der Waals surface area contributed by atoms with E-state index in [4.69, 9.17) is 16.7 Å². The largest absolute Gasteiger partial charge is 0.392 e. The number of benzene rings is 1. The van der Waals surface area contributed by atoms with Crippen LogP contribution in [-0.4, -0.2) is 5.11 Å². The number of aliphatic hydroxyl groups is 1. The fourth-order valence-electron chi connectivity index (χ4n) is 0.848. The number of hydrogen-bond donors (Lipinski definition) is 1. The molecule has 0 fully saturated rings. The maximum atomic E-state index is 8.77. The van der Waals surface area contributed by atoms with Gasteiger partial charge in [-0.2, -0.15) is 0 Å². The van der Waals surface area contributed by atoms with Gasteiger partial charge in [-0.3, -0.25) is 0 Å². The van der Waals surface area contributed by atoms with Crippen LogP contribution in [0.5, 0.6) is 0 Å². The molecule has 0 radical (unpaired) electrons. The summed E-state index contributed by atoms with van der Waals surface area (Å²) < 4.78 is 0. The smallest absolute Gasteiger partial charge is 0.0682 e. The second-order valence-electron chi connectivity index (χ2n) is 2.22. The normalized spacial score (nSPS) is 9.64. The van der Waals surface area contributed by atoms with E-state index < -0.39 is 0 Å². The van der Waals surface area contributed by atoms with Crippen LogP contribution in [0.1, 0.15) is 11.1 Å². The first kappa shape index (κ1) is 8.31. The van der Waals surface area contributed by atoms with Crippen LogP contribution >= 0.6 is 11.6 Å². The highest BCUT2D eigenvalue weighted by Gasteiger charge is 1.96. The van der Waals surface area contributed by atoms with Crippen molar-refractivity contribution in [2.75, 3.05) is 0 Å². The summed E-state index contributed by atoms with van der Waals surface area (Å²) in [6.45, 7) is 3.64. The highest BCUT2D eigenvalue weighted by atomic mass is 35.5. The lowest BCUT2D eigenvalue weighted by atomic mass is 10.1. The molecule has 1 nitrogen and oxygen atoms in total. The Morgan fingerprint density at radius 3 is 2.82 bits per heavy atom. The highest BCUT2D eigenvalue weighted by Crippen LogP contribution is 2.18. The van der Waals surface area contributed by atoms with Gasteiger partial charge in [0, 0.05) is 5.02 Å². The number of aliphatic hydroxyl groups excluding tert-OH is 1. The third-order valence-corrected chi connectivity index (χ3v) is 1.81. The second-order valence-corrected chi connectivity index (χ2v) is 2.63. The summed E-state index contributed by atoms with van der Waals surface area (Å²) in [5.74, 6) is 0. The van der Waals surface area contributed by atoms with Crippen LogP contribution in [0, 0.1) is 0 Å². The molecular formula is C9H9ClO. The average Bonchev–Trinajstić information content (AvgIpc) is 2.05. The molecule has 1 aromatic carbocycles. The van der Waals surface area contributed by atoms with Crippen molar-refractivity contribution in [3.05, 3.63) is 40.9 Å². The third kappa shape index (κ3) is 1.82. The van der Waals surface area contributed by atoms with E-state index in [1.807, 2.05) is 6.07 Å². The van der Waals surface area contributed by atoms with E-state index in [1.54, 1.807) is 18.2 Å². The predicted molar refractivity (Wildman–Crippen MR) is 47.5 cm³/mol. The number of halogens is 1. The van der Waals surface area contributed by atoms with Crippen molar-refractivity contribution in [1.82, 2.24) is 0 Å². The molecule has 1 aromatic rings. The molecule has 0 amide bonds. The molecular weight excluding hydrogens is 160 g/mol. The average molecular weight is 169 g/mol. The molecule has 11 heavy (non-hydrogen) atoms. The molecule has 0 saturated carbocycles. The monoisotopic (exact) mass is 168 g/mol. The number of rotatable bonds is 2. The van der Waals surface area contributed by atoms with Crippen molar-refractivity contribution in [3.8, 4) is 0 Å². The zero-order chi connectivity index (χ0) is 8.27. The van der Waals surface area contributed by atoms with Gasteiger partial charge in [0.05, 0.1) is 6.61 Å². The Morgan fingerprint density at radius 1 is 1.55 bits per heavy atom. The van der Waals surface area contributed by atoms with Crippen molar-refractivity contribution in [3.63, 3.8) is 0 Å². The molecule has 1 N–H and O–H groups in total. The van der Waals surface area contributed by atoms with Crippen molar-refractivity contribution in [1.29, 1.82) is 0 Å². The first-order valence-corrected chi connectivity index (χ1v) is 3.67. The molecule has 2 heteroatoms. The van der Waals surface area contributed by atoms with Crippen LogP contribution < -0.4 is 0 Å². The lowest BCUT2D eigenvalue weighted by Crippen LogP contribution is -1.83. The first-order chi connectivity index (χ1) is 5.27. The van der Waals surface area contributed by atoms with Gasteiger partial charge in [-0.15, -0.1) is 0 Å². The lowest BCUT2D eigenvalue weighted by molar-refractivity contribution is 0.282. The van der Waals surface area contributed by atoms with E-state index in [0.29, 0.717) is 5.02 Å². The minimum absolute atomic E-state index is 0.0397. The molecule has 0 aliphatic rings. The van der Waals surface area contributed by atoms with Gasteiger partial charge < -0.3 is 5.11 Å². The summed E-state index contributed by atoms with van der Waals surface area (Å²) in [6, 6.07) is 5.36. The van der Waals surface area contributed by atoms with Gasteiger partial charge in [-0.05, 0) is 23.3 Å². The molecule has 0 unspecified atom stereocenters. The minimum Gasteiger partial charge on any atom is -0.392 e. The molecule has 0 heterocycles. The van der Waals surface area contributed by atoms with Crippen LogP contribution in [0.4, 0.5) is 0 Å². The Hall–Kier alpha value is -0.790. The fourth-order valence-corrected chi connectivity index (χ4v) is 1.04. The Labute approximate surface area is 70.9 Å². The maximum absolute atomic E-state index is 8.77. The van der Waals surface area contributed by atoms with Gasteiger partial charge in [0.15, 0.2) is 0 Å². The number of hydrogen-bond acceptors (Lipinski definition) is 1. The van der Waals surface area contributed by atoms with Crippen molar-refractivity contribution in [2.24, 2.45) is 0 Å². The topological polar surface area (TPSA) is 20.2 Å². The third-order valence-electron chi connectivity index (χ3n) is 1.46. The lowest BCUT2D eigenvalue weighted by Gasteiger charge is -2.00. The Kier molecular flexibility index (Phi) is 2.69. The van der Waals surface area contributed by atoms with Crippen molar-refractivity contribution in [2.45, 2.75) is 6.61 Å². The first-order valence-electron chi connectivity index (χ1n) is 3.29. The van der Waals surface area contributed by atoms with Crippen LogP contribution in [0.25, 0.3) is 6.08 Å². The van der Waals surface area contributed by atoms with Crippen molar-refractivity contribution >= 4 is 17.7 Å².